The van der Waals surface area contributed by atoms with Crippen LogP contribution in [0.1, 0.15) is 17.3 Å². The van der Waals surface area contributed by atoms with Crippen molar-refractivity contribution in [3.05, 3.63) is 22.7 Å². The second-order valence-electron chi connectivity index (χ2n) is 3.30. The third-order valence-electron chi connectivity index (χ3n) is 2.08. The minimum Gasteiger partial charge on any atom is -0.485 e. The number of ether oxygens (including phenoxy) is 2. The third-order valence-corrected chi connectivity index (χ3v) is 2.37. The fourth-order valence-electron chi connectivity index (χ4n) is 1.40. The van der Waals surface area contributed by atoms with Crippen molar-refractivity contribution in [1.82, 2.24) is 0 Å². The molecule has 0 saturated carbocycles. The number of hydrogen-bond acceptors (Lipinski definition) is 3. The number of carboxylic acid groups (broad SMARTS) is 1. The number of rotatable bonds is 1. The number of fused-ring (bicyclic) bond motifs is 1. The Bertz CT molecular complexity index is 416. The van der Waals surface area contributed by atoms with E-state index in [0.29, 0.717) is 17.4 Å². The first-order valence-corrected chi connectivity index (χ1v) is 4.82. The van der Waals surface area contributed by atoms with E-state index >= 15 is 0 Å². The van der Waals surface area contributed by atoms with Gasteiger partial charge in [-0.05, 0) is 19.1 Å². The number of halogens is 1. The van der Waals surface area contributed by atoms with Crippen LogP contribution in [0.4, 0.5) is 0 Å². The molecule has 0 radical (unpaired) electrons. The van der Waals surface area contributed by atoms with E-state index in [1.54, 1.807) is 0 Å². The SMILES string of the molecule is CC1COc2c(C(=O)O)ccc(Cl)c2O1. The molecular formula is C10H9ClO4. The maximum Gasteiger partial charge on any atom is 0.339 e. The molecule has 1 N–H and O–H groups in total. The van der Waals surface area contributed by atoms with Crippen LogP contribution < -0.4 is 9.47 Å². The van der Waals surface area contributed by atoms with Crippen molar-refractivity contribution in [2.75, 3.05) is 6.61 Å². The van der Waals surface area contributed by atoms with Gasteiger partial charge in [0.05, 0.1) is 5.02 Å². The molecule has 5 heteroatoms. The quantitative estimate of drug-likeness (QED) is 0.801. The molecule has 2 rings (SSSR count). The Morgan fingerprint density at radius 3 is 2.93 bits per heavy atom. The van der Waals surface area contributed by atoms with Gasteiger partial charge in [-0.2, -0.15) is 0 Å². The molecule has 80 valence electrons. The van der Waals surface area contributed by atoms with Gasteiger partial charge < -0.3 is 14.6 Å². The second kappa shape index (κ2) is 3.62. The number of hydrogen-bond donors (Lipinski definition) is 1. The second-order valence-corrected chi connectivity index (χ2v) is 3.71. The number of carbonyl (C=O) groups is 1. The molecule has 1 aromatic rings. The van der Waals surface area contributed by atoms with E-state index in [2.05, 4.69) is 0 Å². The van der Waals surface area contributed by atoms with Gasteiger partial charge in [0.2, 0.25) is 0 Å². The molecule has 0 aromatic heterocycles. The molecule has 1 heterocycles. The van der Waals surface area contributed by atoms with E-state index in [1.807, 2.05) is 6.92 Å². The van der Waals surface area contributed by atoms with Crippen molar-refractivity contribution in [1.29, 1.82) is 0 Å². The molecule has 0 amide bonds. The Balaban J connectivity index is 2.55. The van der Waals surface area contributed by atoms with Crippen LogP contribution in [0.5, 0.6) is 11.5 Å². The first-order chi connectivity index (χ1) is 7.09. The van der Waals surface area contributed by atoms with Crippen molar-refractivity contribution in [2.45, 2.75) is 13.0 Å². The molecule has 1 aliphatic rings. The summed E-state index contributed by atoms with van der Waals surface area (Å²) >= 11 is 5.89. The molecule has 0 aliphatic carbocycles. The fraction of sp³-hybridized carbons (Fsp3) is 0.300. The number of benzene rings is 1. The van der Waals surface area contributed by atoms with Crippen LogP contribution in [0.15, 0.2) is 12.1 Å². The molecule has 1 aromatic carbocycles. The van der Waals surface area contributed by atoms with Gasteiger partial charge in [-0.3, -0.25) is 0 Å². The van der Waals surface area contributed by atoms with Gasteiger partial charge in [0, 0.05) is 0 Å². The standard InChI is InChI=1S/C10H9ClO4/c1-5-4-14-8-6(10(12)13)2-3-7(11)9(8)15-5/h2-3,5H,4H2,1H3,(H,12,13). The topological polar surface area (TPSA) is 55.8 Å². The Kier molecular flexibility index (Phi) is 2.44. The van der Waals surface area contributed by atoms with Crippen molar-refractivity contribution in [2.24, 2.45) is 0 Å². The van der Waals surface area contributed by atoms with Crippen LogP contribution in [-0.2, 0) is 0 Å². The van der Waals surface area contributed by atoms with Gasteiger partial charge in [0.15, 0.2) is 11.5 Å². The molecular weight excluding hydrogens is 220 g/mol. The maximum atomic E-state index is 10.9. The summed E-state index contributed by atoms with van der Waals surface area (Å²) in [6, 6.07) is 2.90. The summed E-state index contributed by atoms with van der Waals surface area (Å²) in [6.07, 6.45) is -0.126. The lowest BCUT2D eigenvalue weighted by atomic mass is 10.1. The summed E-state index contributed by atoms with van der Waals surface area (Å²) in [6.45, 7) is 2.15. The minimum absolute atomic E-state index is 0.0706. The Morgan fingerprint density at radius 2 is 2.27 bits per heavy atom. The molecule has 0 spiro atoms. The summed E-state index contributed by atoms with van der Waals surface area (Å²) in [5, 5.41) is 9.28. The zero-order chi connectivity index (χ0) is 11.0. The molecule has 0 bridgehead atoms. The highest BCUT2D eigenvalue weighted by Crippen LogP contribution is 2.41. The van der Waals surface area contributed by atoms with E-state index in [0.717, 1.165) is 0 Å². The first kappa shape index (κ1) is 10.1. The summed E-state index contributed by atoms with van der Waals surface area (Å²) in [5.41, 5.74) is 0.0706. The highest BCUT2D eigenvalue weighted by atomic mass is 35.5. The minimum atomic E-state index is -1.05. The van der Waals surface area contributed by atoms with Crippen molar-refractivity contribution < 1.29 is 19.4 Å². The van der Waals surface area contributed by atoms with Crippen LogP contribution in [0.25, 0.3) is 0 Å². The Morgan fingerprint density at radius 1 is 1.53 bits per heavy atom. The van der Waals surface area contributed by atoms with E-state index in [-0.39, 0.29) is 17.4 Å². The van der Waals surface area contributed by atoms with Crippen LogP contribution >= 0.6 is 11.6 Å². The number of carboxylic acids is 1. The summed E-state index contributed by atoms with van der Waals surface area (Å²) in [7, 11) is 0. The summed E-state index contributed by atoms with van der Waals surface area (Å²) < 4.78 is 10.8. The van der Waals surface area contributed by atoms with E-state index in [4.69, 9.17) is 26.2 Å². The maximum absolute atomic E-state index is 10.9. The van der Waals surface area contributed by atoms with E-state index in [9.17, 15) is 4.79 Å². The molecule has 1 aliphatic heterocycles. The Hall–Kier alpha value is -1.42. The molecule has 4 nitrogen and oxygen atoms in total. The van der Waals surface area contributed by atoms with Gasteiger partial charge in [-0.25, -0.2) is 4.79 Å². The summed E-state index contributed by atoms with van der Waals surface area (Å²) in [5.74, 6) is -0.524. The average molecular weight is 229 g/mol. The zero-order valence-electron chi connectivity index (χ0n) is 7.99. The highest BCUT2D eigenvalue weighted by molar-refractivity contribution is 6.32. The lowest BCUT2D eigenvalue weighted by Gasteiger charge is -2.25. The van der Waals surface area contributed by atoms with Crippen LogP contribution in [0, 0.1) is 0 Å². The fourth-order valence-corrected chi connectivity index (χ4v) is 1.59. The van der Waals surface area contributed by atoms with Crippen LogP contribution in [0.3, 0.4) is 0 Å². The molecule has 1 unspecified atom stereocenters. The summed E-state index contributed by atoms with van der Waals surface area (Å²) in [4.78, 5) is 10.9. The lowest BCUT2D eigenvalue weighted by Crippen LogP contribution is -2.27. The third kappa shape index (κ3) is 1.72. The average Bonchev–Trinajstić information content (AvgIpc) is 2.19. The van der Waals surface area contributed by atoms with E-state index in [1.165, 1.54) is 12.1 Å². The normalized spacial score (nSPS) is 18.7. The zero-order valence-corrected chi connectivity index (χ0v) is 8.75. The van der Waals surface area contributed by atoms with Gasteiger partial charge in [-0.15, -0.1) is 0 Å². The van der Waals surface area contributed by atoms with Crippen LogP contribution in [0.2, 0.25) is 5.02 Å². The smallest absolute Gasteiger partial charge is 0.339 e. The predicted octanol–water partition coefficient (Wildman–Crippen LogP) is 2.20. The number of aromatic carboxylic acids is 1. The van der Waals surface area contributed by atoms with E-state index < -0.39 is 5.97 Å². The first-order valence-electron chi connectivity index (χ1n) is 4.45. The predicted molar refractivity (Wildman–Crippen MR) is 54.0 cm³/mol. The molecule has 1 atom stereocenters. The lowest BCUT2D eigenvalue weighted by molar-refractivity contribution is 0.0671. The molecule has 15 heavy (non-hydrogen) atoms. The monoisotopic (exact) mass is 228 g/mol. The molecule has 0 fully saturated rings. The van der Waals surface area contributed by atoms with Gasteiger partial charge >= 0.3 is 5.97 Å². The Labute approximate surface area is 91.4 Å². The van der Waals surface area contributed by atoms with Crippen LogP contribution in [-0.4, -0.2) is 23.8 Å². The van der Waals surface area contributed by atoms with Crippen molar-refractivity contribution in [3.63, 3.8) is 0 Å². The van der Waals surface area contributed by atoms with Gasteiger partial charge in [0.1, 0.15) is 18.3 Å². The largest absolute Gasteiger partial charge is 0.485 e. The molecule has 0 saturated heterocycles. The van der Waals surface area contributed by atoms with Gasteiger partial charge in [0.25, 0.3) is 0 Å². The van der Waals surface area contributed by atoms with Crippen molar-refractivity contribution >= 4 is 17.6 Å². The highest BCUT2D eigenvalue weighted by Gasteiger charge is 2.25. The van der Waals surface area contributed by atoms with Gasteiger partial charge in [-0.1, -0.05) is 11.6 Å². The van der Waals surface area contributed by atoms with Crippen molar-refractivity contribution in [3.8, 4) is 11.5 Å².